The number of nitrogens with two attached hydrogens (primary N) is 1. The molecular weight excluding hydrogens is 168 g/mol. The van der Waals surface area contributed by atoms with E-state index in [1.807, 2.05) is 0 Å². The maximum Gasteiger partial charge on any atom is 0.0621 e. The van der Waals surface area contributed by atoms with Crippen molar-refractivity contribution in [1.82, 2.24) is 0 Å². The predicted octanol–water partition coefficient (Wildman–Crippen LogP) is 0.835. The molecule has 1 aliphatic heterocycles. The van der Waals surface area contributed by atoms with Gasteiger partial charge in [-0.15, -0.1) is 12.4 Å². The highest BCUT2D eigenvalue weighted by Crippen LogP contribution is 2.09. The Kier molecular flexibility index (Phi) is 4.98. The Balaban J connectivity index is 0.000001000. The summed E-state index contributed by atoms with van der Waals surface area (Å²) in [6.45, 7) is 1.15. The van der Waals surface area contributed by atoms with E-state index in [4.69, 9.17) is 16.0 Å². The summed E-state index contributed by atoms with van der Waals surface area (Å²) in [6.07, 6.45) is 0.741. The molecule has 6 heteroatoms. The zero-order chi connectivity index (χ0) is 7.40. The molecule has 0 saturated carbocycles. The first-order valence-electron chi connectivity index (χ1n) is 3.22. The smallest absolute Gasteiger partial charge is 0.0621 e. The molecule has 0 aliphatic carbocycles. The van der Waals surface area contributed by atoms with Gasteiger partial charge >= 0.3 is 0 Å². The summed E-state index contributed by atoms with van der Waals surface area (Å²) in [5.41, 5.74) is 13.7. The average molecular weight is 179 g/mol. The normalized spacial score (nSPS) is 29.9. The summed E-state index contributed by atoms with van der Waals surface area (Å²) >= 11 is 0. The molecule has 2 atom stereocenters. The highest BCUT2D eigenvalue weighted by Gasteiger charge is 2.20. The second-order valence-corrected chi connectivity index (χ2v) is 2.30. The Morgan fingerprint density at radius 3 is 2.91 bits per heavy atom. The molecule has 1 rings (SSSR count). The van der Waals surface area contributed by atoms with Crippen molar-refractivity contribution in [2.45, 2.75) is 18.5 Å². The molecule has 0 aromatic heterocycles. The van der Waals surface area contributed by atoms with Gasteiger partial charge in [0.25, 0.3) is 0 Å². The lowest BCUT2D eigenvalue weighted by Gasteiger charge is -2.24. The van der Waals surface area contributed by atoms with Crippen molar-refractivity contribution in [3.63, 3.8) is 0 Å². The Morgan fingerprint density at radius 1 is 1.64 bits per heavy atom. The standard InChI is InChI=1S/C5H10N4O.ClH/c6-4-3-10-2-1-5(4)8-9-7;/h4-5H,1-3,6H2;1H/t4-,5+;/m1./s1. The van der Waals surface area contributed by atoms with Crippen LogP contribution >= 0.6 is 12.4 Å². The van der Waals surface area contributed by atoms with Crippen LogP contribution in [0.2, 0.25) is 0 Å². The number of rotatable bonds is 1. The third kappa shape index (κ3) is 2.95. The minimum absolute atomic E-state index is 0. The number of nitrogens with zero attached hydrogens (tertiary/aromatic N) is 3. The summed E-state index contributed by atoms with van der Waals surface area (Å²) in [5.74, 6) is 0. The van der Waals surface area contributed by atoms with Crippen LogP contribution in [0, 0.1) is 0 Å². The fourth-order valence-electron chi connectivity index (χ4n) is 0.958. The Labute approximate surface area is 70.9 Å². The maximum atomic E-state index is 8.10. The van der Waals surface area contributed by atoms with Gasteiger partial charge in [0.2, 0.25) is 0 Å². The second-order valence-electron chi connectivity index (χ2n) is 2.30. The molecule has 64 valence electrons. The van der Waals surface area contributed by atoms with Gasteiger partial charge in [0, 0.05) is 17.6 Å². The van der Waals surface area contributed by atoms with Gasteiger partial charge in [-0.1, -0.05) is 5.11 Å². The number of ether oxygens (including phenoxy) is 1. The second kappa shape index (κ2) is 5.21. The van der Waals surface area contributed by atoms with Crippen molar-refractivity contribution < 1.29 is 4.74 Å². The Morgan fingerprint density at radius 2 is 2.36 bits per heavy atom. The van der Waals surface area contributed by atoms with E-state index in [1.54, 1.807) is 0 Å². The van der Waals surface area contributed by atoms with Crippen LogP contribution < -0.4 is 5.73 Å². The first-order chi connectivity index (χ1) is 4.84. The predicted molar refractivity (Wildman–Crippen MR) is 43.6 cm³/mol. The molecule has 1 aliphatic rings. The number of halogens is 1. The summed E-state index contributed by atoms with van der Waals surface area (Å²) in [6, 6.07) is -0.191. The summed E-state index contributed by atoms with van der Waals surface area (Å²) < 4.78 is 5.05. The van der Waals surface area contributed by atoms with Crippen LogP contribution in [0.15, 0.2) is 5.11 Å². The summed E-state index contributed by atoms with van der Waals surface area (Å²) in [4.78, 5) is 2.70. The van der Waals surface area contributed by atoms with E-state index in [2.05, 4.69) is 10.0 Å². The van der Waals surface area contributed by atoms with Crippen LogP contribution in [0.5, 0.6) is 0 Å². The molecule has 1 heterocycles. The van der Waals surface area contributed by atoms with Gasteiger partial charge in [0.15, 0.2) is 0 Å². The zero-order valence-electron chi connectivity index (χ0n) is 6.01. The van der Waals surface area contributed by atoms with Gasteiger partial charge < -0.3 is 10.5 Å². The van der Waals surface area contributed by atoms with E-state index in [0.29, 0.717) is 13.2 Å². The maximum absolute atomic E-state index is 8.10. The van der Waals surface area contributed by atoms with Crippen LogP contribution in [0.3, 0.4) is 0 Å². The molecule has 0 spiro atoms. The van der Waals surface area contributed by atoms with Crippen LogP contribution in [-0.4, -0.2) is 25.3 Å². The lowest BCUT2D eigenvalue weighted by molar-refractivity contribution is 0.0712. The zero-order valence-corrected chi connectivity index (χ0v) is 6.83. The molecule has 0 aromatic carbocycles. The molecule has 0 unspecified atom stereocenters. The van der Waals surface area contributed by atoms with Crippen molar-refractivity contribution in [2.24, 2.45) is 10.8 Å². The minimum Gasteiger partial charge on any atom is -0.380 e. The molecule has 1 saturated heterocycles. The van der Waals surface area contributed by atoms with Crippen molar-refractivity contribution in [3.8, 4) is 0 Å². The van der Waals surface area contributed by atoms with Crippen LogP contribution in [0.4, 0.5) is 0 Å². The monoisotopic (exact) mass is 178 g/mol. The van der Waals surface area contributed by atoms with E-state index < -0.39 is 0 Å². The van der Waals surface area contributed by atoms with E-state index in [1.165, 1.54) is 0 Å². The molecule has 1 fully saturated rings. The first-order valence-corrected chi connectivity index (χ1v) is 3.22. The van der Waals surface area contributed by atoms with Crippen LogP contribution in [0.1, 0.15) is 6.42 Å². The van der Waals surface area contributed by atoms with E-state index >= 15 is 0 Å². The molecule has 0 bridgehead atoms. The molecule has 5 nitrogen and oxygen atoms in total. The third-order valence-electron chi connectivity index (χ3n) is 1.56. The quantitative estimate of drug-likeness (QED) is 0.367. The van der Waals surface area contributed by atoms with Gasteiger partial charge in [-0.25, -0.2) is 0 Å². The topological polar surface area (TPSA) is 84.0 Å². The lowest BCUT2D eigenvalue weighted by atomic mass is 10.1. The molecule has 0 amide bonds. The largest absolute Gasteiger partial charge is 0.380 e. The fraction of sp³-hybridized carbons (Fsp3) is 1.00. The average Bonchev–Trinajstić information content (AvgIpc) is 1.94. The first kappa shape index (κ1) is 10.5. The lowest BCUT2D eigenvalue weighted by Crippen LogP contribution is -2.42. The number of hydrogen-bond donors (Lipinski definition) is 1. The van der Waals surface area contributed by atoms with Gasteiger partial charge in [-0.3, -0.25) is 0 Å². The third-order valence-corrected chi connectivity index (χ3v) is 1.56. The highest BCUT2D eigenvalue weighted by molar-refractivity contribution is 5.85. The molecule has 2 N–H and O–H groups in total. The van der Waals surface area contributed by atoms with Crippen LogP contribution in [0.25, 0.3) is 10.4 Å². The van der Waals surface area contributed by atoms with Crippen molar-refractivity contribution in [3.05, 3.63) is 10.4 Å². The van der Waals surface area contributed by atoms with Crippen LogP contribution in [-0.2, 0) is 4.74 Å². The van der Waals surface area contributed by atoms with E-state index in [9.17, 15) is 0 Å². The molecule has 0 radical (unpaired) electrons. The highest BCUT2D eigenvalue weighted by atomic mass is 35.5. The van der Waals surface area contributed by atoms with Crippen molar-refractivity contribution in [2.75, 3.05) is 13.2 Å². The van der Waals surface area contributed by atoms with E-state index in [0.717, 1.165) is 6.42 Å². The molecule has 11 heavy (non-hydrogen) atoms. The van der Waals surface area contributed by atoms with Crippen molar-refractivity contribution >= 4 is 12.4 Å². The van der Waals surface area contributed by atoms with Gasteiger partial charge in [0.1, 0.15) is 0 Å². The minimum atomic E-state index is -0.121. The SMILES string of the molecule is Cl.[N-]=[N+]=N[C@H]1CCOC[C@H]1N. The summed E-state index contributed by atoms with van der Waals surface area (Å²) in [5, 5.41) is 3.54. The Bertz CT molecular complexity index is 159. The molecular formula is C5H11ClN4O. The van der Waals surface area contributed by atoms with Crippen molar-refractivity contribution in [1.29, 1.82) is 0 Å². The fourth-order valence-corrected chi connectivity index (χ4v) is 0.958. The van der Waals surface area contributed by atoms with Gasteiger partial charge in [-0.05, 0) is 12.0 Å². The Hall–Kier alpha value is -0.480. The molecule has 0 aromatic rings. The number of hydrogen-bond acceptors (Lipinski definition) is 3. The number of azide groups is 1. The van der Waals surface area contributed by atoms with E-state index in [-0.39, 0.29) is 24.5 Å². The van der Waals surface area contributed by atoms with Gasteiger partial charge in [-0.2, -0.15) is 0 Å². The summed E-state index contributed by atoms with van der Waals surface area (Å²) in [7, 11) is 0. The van der Waals surface area contributed by atoms with Gasteiger partial charge in [0.05, 0.1) is 12.6 Å².